The molecule has 0 amide bonds. The van der Waals surface area contributed by atoms with Gasteiger partial charge in [-0.25, -0.2) is 0 Å². The third-order valence-corrected chi connectivity index (χ3v) is 3.68. The molecule has 0 heterocycles. The molecule has 3 heteroatoms. The molecule has 0 aliphatic heterocycles. The molecule has 0 fully saturated rings. The quantitative estimate of drug-likeness (QED) is 0.765. The van der Waals surface area contributed by atoms with Crippen molar-refractivity contribution < 1.29 is 0 Å². The number of rotatable bonds is 6. The highest BCUT2D eigenvalue weighted by atomic mass is 35.5. The van der Waals surface area contributed by atoms with Crippen molar-refractivity contribution in [1.82, 2.24) is 5.32 Å². The lowest BCUT2D eigenvalue weighted by atomic mass is 10.1. The second-order valence-corrected chi connectivity index (χ2v) is 5.24. The molecule has 0 bridgehead atoms. The topological polar surface area (TPSA) is 12.0 Å². The molecule has 1 nitrogen and oxygen atoms in total. The fraction of sp³-hybridized carbons (Fsp3) is 0.385. The van der Waals surface area contributed by atoms with E-state index >= 15 is 0 Å². The number of benzene rings is 1. The first kappa shape index (κ1) is 13.6. The highest BCUT2D eigenvalue weighted by Gasteiger charge is 2.03. The van der Waals surface area contributed by atoms with Gasteiger partial charge in [0.15, 0.2) is 0 Å². The summed E-state index contributed by atoms with van der Waals surface area (Å²) in [5.74, 6) is 0.768. The van der Waals surface area contributed by atoms with Gasteiger partial charge in [-0.2, -0.15) is 0 Å². The van der Waals surface area contributed by atoms with Crippen molar-refractivity contribution in [2.75, 3.05) is 12.3 Å². The first-order valence-corrected chi connectivity index (χ1v) is 6.79. The molecule has 0 aliphatic rings. The summed E-state index contributed by atoms with van der Waals surface area (Å²) < 4.78 is 0. The Balaban J connectivity index is 2.57. The van der Waals surface area contributed by atoms with E-state index in [9.17, 15) is 0 Å². The Morgan fingerprint density at radius 2 is 2.06 bits per heavy atom. The van der Waals surface area contributed by atoms with E-state index in [1.165, 1.54) is 10.5 Å². The maximum Gasteiger partial charge on any atom is 0.0334 e. The zero-order valence-corrected chi connectivity index (χ0v) is 11.4. The summed E-state index contributed by atoms with van der Waals surface area (Å²) in [7, 11) is 0. The van der Waals surface area contributed by atoms with Gasteiger partial charge in [-0.1, -0.05) is 37.2 Å². The third kappa shape index (κ3) is 4.60. The third-order valence-electron chi connectivity index (χ3n) is 2.29. The number of hydrogen-bond acceptors (Lipinski definition) is 2. The average molecular weight is 256 g/mol. The van der Waals surface area contributed by atoms with Crippen LogP contribution in [0, 0.1) is 0 Å². The molecule has 88 valence electrons. The Morgan fingerprint density at radius 3 is 2.56 bits per heavy atom. The molecule has 0 saturated carbocycles. The minimum atomic E-state index is 0.409. The standard InChI is InChI=1S/C13H18ClNS/c1-4-15-11(3)12-5-7-13(8-6-12)16-9-10(2)14/h5-8,11,15H,2,4,9H2,1,3H3. The largest absolute Gasteiger partial charge is 0.310 e. The van der Waals surface area contributed by atoms with Crippen molar-refractivity contribution in [2.45, 2.75) is 24.8 Å². The van der Waals surface area contributed by atoms with Crippen LogP contribution in [0.2, 0.25) is 0 Å². The lowest BCUT2D eigenvalue weighted by Crippen LogP contribution is -2.17. The summed E-state index contributed by atoms with van der Waals surface area (Å²) in [6, 6.07) is 8.99. The Labute approximate surface area is 107 Å². The summed E-state index contributed by atoms with van der Waals surface area (Å²) in [5.41, 5.74) is 1.32. The highest BCUT2D eigenvalue weighted by Crippen LogP contribution is 2.23. The Morgan fingerprint density at radius 1 is 1.44 bits per heavy atom. The van der Waals surface area contributed by atoms with Crippen LogP contribution in [0.25, 0.3) is 0 Å². The fourth-order valence-electron chi connectivity index (χ4n) is 1.44. The lowest BCUT2D eigenvalue weighted by molar-refractivity contribution is 0.598. The summed E-state index contributed by atoms with van der Waals surface area (Å²) in [6.45, 7) is 8.96. The van der Waals surface area contributed by atoms with Gasteiger partial charge in [-0.05, 0) is 31.2 Å². The zero-order chi connectivity index (χ0) is 12.0. The smallest absolute Gasteiger partial charge is 0.0334 e. The molecular weight excluding hydrogens is 238 g/mol. The van der Waals surface area contributed by atoms with E-state index in [2.05, 4.69) is 50.0 Å². The normalized spacial score (nSPS) is 12.4. The molecule has 1 N–H and O–H groups in total. The van der Waals surface area contributed by atoms with E-state index in [4.69, 9.17) is 11.6 Å². The van der Waals surface area contributed by atoms with E-state index in [1.807, 2.05) is 0 Å². The van der Waals surface area contributed by atoms with E-state index < -0.39 is 0 Å². The molecule has 1 aromatic carbocycles. The van der Waals surface area contributed by atoms with Gasteiger partial charge in [0.1, 0.15) is 0 Å². The van der Waals surface area contributed by atoms with Gasteiger partial charge in [-0.3, -0.25) is 0 Å². The van der Waals surface area contributed by atoms with Gasteiger partial charge in [-0.15, -0.1) is 11.8 Å². The molecular formula is C13H18ClNS. The molecule has 0 saturated heterocycles. The van der Waals surface area contributed by atoms with E-state index in [0.29, 0.717) is 11.1 Å². The zero-order valence-electron chi connectivity index (χ0n) is 9.79. The number of thioether (sulfide) groups is 1. The average Bonchev–Trinajstić information content (AvgIpc) is 2.27. The maximum atomic E-state index is 5.73. The van der Waals surface area contributed by atoms with Gasteiger partial charge in [0, 0.05) is 21.7 Å². The molecule has 1 unspecified atom stereocenters. The summed E-state index contributed by atoms with van der Waals surface area (Å²) >= 11 is 7.44. The van der Waals surface area contributed by atoms with Crippen molar-refractivity contribution in [1.29, 1.82) is 0 Å². The van der Waals surface area contributed by atoms with Gasteiger partial charge < -0.3 is 5.32 Å². The Hall–Kier alpha value is -0.440. The number of hydrogen-bond donors (Lipinski definition) is 1. The van der Waals surface area contributed by atoms with Crippen LogP contribution < -0.4 is 5.32 Å². The first-order valence-electron chi connectivity index (χ1n) is 5.43. The van der Waals surface area contributed by atoms with Crippen LogP contribution in [-0.4, -0.2) is 12.3 Å². The van der Waals surface area contributed by atoms with Gasteiger partial charge in [0.2, 0.25) is 0 Å². The van der Waals surface area contributed by atoms with Crippen molar-refractivity contribution in [3.63, 3.8) is 0 Å². The minimum absolute atomic E-state index is 0.409. The highest BCUT2D eigenvalue weighted by molar-refractivity contribution is 7.99. The molecule has 1 rings (SSSR count). The number of nitrogens with one attached hydrogen (secondary N) is 1. The summed E-state index contributed by atoms with van der Waals surface area (Å²) in [6.07, 6.45) is 0. The second kappa shape index (κ2) is 7.00. The van der Waals surface area contributed by atoms with E-state index in [-0.39, 0.29) is 0 Å². The predicted octanol–water partition coefficient (Wildman–Crippen LogP) is 4.20. The monoisotopic (exact) mass is 255 g/mol. The molecule has 0 radical (unpaired) electrons. The van der Waals surface area contributed by atoms with Crippen LogP contribution in [0.4, 0.5) is 0 Å². The van der Waals surface area contributed by atoms with Gasteiger partial charge >= 0.3 is 0 Å². The van der Waals surface area contributed by atoms with Crippen LogP contribution in [-0.2, 0) is 0 Å². The first-order chi connectivity index (χ1) is 7.63. The van der Waals surface area contributed by atoms with Crippen LogP contribution in [0.15, 0.2) is 40.8 Å². The minimum Gasteiger partial charge on any atom is -0.310 e. The van der Waals surface area contributed by atoms with Crippen molar-refractivity contribution in [2.24, 2.45) is 0 Å². The number of halogens is 1. The molecule has 1 aromatic rings. The SMILES string of the molecule is C=C(Cl)CSc1ccc(C(C)NCC)cc1. The van der Waals surface area contributed by atoms with Crippen LogP contribution >= 0.6 is 23.4 Å². The van der Waals surface area contributed by atoms with Crippen LogP contribution in [0.3, 0.4) is 0 Å². The Kier molecular flexibility index (Phi) is 5.96. The predicted molar refractivity (Wildman–Crippen MR) is 74.3 cm³/mol. The fourth-order valence-corrected chi connectivity index (χ4v) is 2.25. The summed E-state index contributed by atoms with van der Waals surface area (Å²) in [5, 5.41) is 4.08. The molecule has 0 aliphatic carbocycles. The van der Waals surface area contributed by atoms with Crippen molar-refractivity contribution in [3.05, 3.63) is 41.4 Å². The van der Waals surface area contributed by atoms with Gasteiger partial charge in [0.05, 0.1) is 0 Å². The van der Waals surface area contributed by atoms with Crippen molar-refractivity contribution in [3.8, 4) is 0 Å². The maximum absolute atomic E-state index is 5.73. The van der Waals surface area contributed by atoms with Crippen molar-refractivity contribution >= 4 is 23.4 Å². The van der Waals surface area contributed by atoms with E-state index in [0.717, 1.165) is 12.3 Å². The lowest BCUT2D eigenvalue weighted by Gasteiger charge is -2.12. The van der Waals surface area contributed by atoms with Gasteiger partial charge in [0.25, 0.3) is 0 Å². The van der Waals surface area contributed by atoms with Crippen LogP contribution in [0.1, 0.15) is 25.5 Å². The molecule has 1 atom stereocenters. The molecule has 16 heavy (non-hydrogen) atoms. The van der Waals surface area contributed by atoms with Crippen LogP contribution in [0.5, 0.6) is 0 Å². The Bertz CT molecular complexity index is 334. The molecule has 0 spiro atoms. The second-order valence-electron chi connectivity index (χ2n) is 3.65. The molecule has 0 aromatic heterocycles. The van der Waals surface area contributed by atoms with E-state index in [1.54, 1.807) is 11.8 Å². The summed E-state index contributed by atoms with van der Waals surface area (Å²) in [4.78, 5) is 1.23.